The molecule has 5 heteroatoms. The second-order valence-corrected chi connectivity index (χ2v) is 7.48. The van der Waals surface area contributed by atoms with Crippen molar-refractivity contribution in [3.63, 3.8) is 0 Å². The highest BCUT2D eigenvalue weighted by Gasteiger charge is 2.06. The Kier molecular flexibility index (Phi) is 8.92. The fraction of sp³-hybridized carbons (Fsp3) is 0.308. The van der Waals surface area contributed by atoms with Gasteiger partial charge in [0.2, 0.25) is 0 Å². The molecule has 3 aromatic rings. The molecule has 0 aliphatic rings. The Bertz CT molecular complexity index is 968. The van der Waals surface area contributed by atoms with Gasteiger partial charge in [-0.25, -0.2) is 0 Å². The number of hydrogen-bond acceptors (Lipinski definition) is 5. The van der Waals surface area contributed by atoms with E-state index in [1.54, 1.807) is 0 Å². The van der Waals surface area contributed by atoms with Crippen molar-refractivity contribution in [1.29, 1.82) is 0 Å². The number of rotatable bonds is 11. The van der Waals surface area contributed by atoms with Gasteiger partial charge in [0.1, 0.15) is 5.75 Å². The first-order valence-corrected chi connectivity index (χ1v) is 11.0. The van der Waals surface area contributed by atoms with E-state index in [9.17, 15) is 0 Å². The van der Waals surface area contributed by atoms with Crippen molar-refractivity contribution in [2.24, 2.45) is 26.4 Å². The quantitative estimate of drug-likeness (QED) is 0.289. The van der Waals surface area contributed by atoms with Crippen LogP contribution in [0, 0.1) is 5.92 Å². The van der Waals surface area contributed by atoms with E-state index in [-0.39, 0.29) is 0 Å². The Morgan fingerprint density at radius 3 is 1.87 bits per heavy atom. The van der Waals surface area contributed by atoms with Gasteiger partial charge in [-0.2, -0.15) is 20.5 Å². The molecule has 3 rings (SSSR count). The SMILES string of the molecule is CCCCC(CC)COc1ccc(N=Nc2cccc(N=Nc3ccccc3)c2)cc1. The van der Waals surface area contributed by atoms with Crippen molar-refractivity contribution in [1.82, 2.24) is 0 Å². The van der Waals surface area contributed by atoms with E-state index in [0.29, 0.717) is 5.92 Å². The maximum absolute atomic E-state index is 5.96. The molecule has 0 saturated heterocycles. The number of azo groups is 2. The lowest BCUT2D eigenvalue weighted by molar-refractivity contribution is 0.233. The molecule has 0 fully saturated rings. The molecule has 5 nitrogen and oxygen atoms in total. The predicted octanol–water partition coefficient (Wildman–Crippen LogP) is 9.11. The summed E-state index contributed by atoms with van der Waals surface area (Å²) in [6, 6.07) is 24.9. The summed E-state index contributed by atoms with van der Waals surface area (Å²) in [5, 5.41) is 17.2. The van der Waals surface area contributed by atoms with Crippen LogP contribution in [0.3, 0.4) is 0 Å². The average Bonchev–Trinajstić information content (AvgIpc) is 2.83. The topological polar surface area (TPSA) is 58.7 Å². The summed E-state index contributed by atoms with van der Waals surface area (Å²) in [4.78, 5) is 0. The summed E-state index contributed by atoms with van der Waals surface area (Å²) >= 11 is 0. The fourth-order valence-corrected chi connectivity index (χ4v) is 3.06. The first-order valence-electron chi connectivity index (χ1n) is 11.0. The van der Waals surface area contributed by atoms with Crippen molar-refractivity contribution in [3.8, 4) is 5.75 Å². The van der Waals surface area contributed by atoms with E-state index in [1.807, 2.05) is 78.9 Å². The van der Waals surface area contributed by atoms with E-state index in [2.05, 4.69) is 34.3 Å². The van der Waals surface area contributed by atoms with Gasteiger partial charge in [-0.15, -0.1) is 0 Å². The molecule has 0 N–H and O–H groups in total. The first-order chi connectivity index (χ1) is 15.3. The predicted molar refractivity (Wildman–Crippen MR) is 126 cm³/mol. The second-order valence-electron chi connectivity index (χ2n) is 7.48. The molecule has 0 heterocycles. The van der Waals surface area contributed by atoms with Gasteiger partial charge >= 0.3 is 0 Å². The molecule has 0 aromatic heterocycles. The average molecular weight is 415 g/mol. The maximum atomic E-state index is 5.96. The van der Waals surface area contributed by atoms with Gasteiger partial charge in [0, 0.05) is 0 Å². The van der Waals surface area contributed by atoms with Crippen LogP contribution in [0.5, 0.6) is 5.75 Å². The van der Waals surface area contributed by atoms with Crippen LogP contribution in [-0.2, 0) is 0 Å². The molecule has 0 amide bonds. The van der Waals surface area contributed by atoms with E-state index in [1.165, 1.54) is 19.3 Å². The lowest BCUT2D eigenvalue weighted by Gasteiger charge is -2.15. The van der Waals surface area contributed by atoms with Crippen molar-refractivity contribution in [2.45, 2.75) is 39.5 Å². The van der Waals surface area contributed by atoms with Crippen LogP contribution in [0.15, 0.2) is 99.3 Å². The zero-order valence-electron chi connectivity index (χ0n) is 18.3. The molecular weight excluding hydrogens is 384 g/mol. The molecular formula is C26H30N4O. The fourth-order valence-electron chi connectivity index (χ4n) is 3.06. The minimum atomic E-state index is 0.616. The molecule has 0 aliphatic carbocycles. The van der Waals surface area contributed by atoms with Gasteiger partial charge in [-0.1, -0.05) is 57.4 Å². The van der Waals surface area contributed by atoms with Crippen LogP contribution >= 0.6 is 0 Å². The summed E-state index contributed by atoms with van der Waals surface area (Å²) in [7, 11) is 0. The molecule has 1 unspecified atom stereocenters. The Morgan fingerprint density at radius 2 is 1.26 bits per heavy atom. The van der Waals surface area contributed by atoms with Gasteiger partial charge < -0.3 is 4.74 Å². The number of unbranched alkanes of at least 4 members (excludes halogenated alkanes) is 1. The van der Waals surface area contributed by atoms with Gasteiger partial charge in [-0.05, 0) is 66.9 Å². The van der Waals surface area contributed by atoms with Crippen LogP contribution in [-0.4, -0.2) is 6.61 Å². The monoisotopic (exact) mass is 414 g/mol. The van der Waals surface area contributed by atoms with Crippen LogP contribution < -0.4 is 4.74 Å². The maximum Gasteiger partial charge on any atom is 0.119 e. The van der Waals surface area contributed by atoms with Gasteiger partial charge in [0.05, 0.1) is 29.4 Å². The number of hydrogen-bond donors (Lipinski definition) is 0. The van der Waals surface area contributed by atoms with Crippen LogP contribution in [0.2, 0.25) is 0 Å². The Morgan fingerprint density at radius 1 is 0.677 bits per heavy atom. The Balaban J connectivity index is 1.56. The van der Waals surface area contributed by atoms with Crippen LogP contribution in [0.1, 0.15) is 39.5 Å². The summed E-state index contributed by atoms with van der Waals surface area (Å²) < 4.78 is 5.96. The minimum absolute atomic E-state index is 0.616. The van der Waals surface area contributed by atoms with Crippen molar-refractivity contribution in [3.05, 3.63) is 78.9 Å². The molecule has 0 spiro atoms. The number of benzene rings is 3. The van der Waals surface area contributed by atoms with Crippen LogP contribution in [0.25, 0.3) is 0 Å². The zero-order chi connectivity index (χ0) is 21.7. The smallest absolute Gasteiger partial charge is 0.119 e. The minimum Gasteiger partial charge on any atom is -0.493 e. The Hall–Kier alpha value is -3.34. The van der Waals surface area contributed by atoms with E-state index >= 15 is 0 Å². The molecule has 31 heavy (non-hydrogen) atoms. The number of ether oxygens (including phenoxy) is 1. The third-order valence-corrected chi connectivity index (χ3v) is 5.01. The third kappa shape index (κ3) is 7.78. The summed E-state index contributed by atoms with van der Waals surface area (Å²) in [6.45, 7) is 5.22. The lowest BCUT2D eigenvalue weighted by atomic mass is 10.0. The van der Waals surface area contributed by atoms with Gasteiger partial charge in [0.25, 0.3) is 0 Å². The molecule has 0 aliphatic heterocycles. The second kappa shape index (κ2) is 12.4. The third-order valence-electron chi connectivity index (χ3n) is 5.01. The molecule has 0 bridgehead atoms. The lowest BCUT2D eigenvalue weighted by Crippen LogP contribution is -2.11. The zero-order valence-corrected chi connectivity index (χ0v) is 18.3. The molecule has 160 valence electrons. The molecule has 0 saturated carbocycles. The van der Waals surface area contributed by atoms with E-state index in [4.69, 9.17) is 4.74 Å². The van der Waals surface area contributed by atoms with Crippen molar-refractivity contribution < 1.29 is 4.74 Å². The largest absolute Gasteiger partial charge is 0.493 e. The highest BCUT2D eigenvalue weighted by Crippen LogP contribution is 2.26. The highest BCUT2D eigenvalue weighted by molar-refractivity contribution is 5.51. The molecule has 0 radical (unpaired) electrons. The van der Waals surface area contributed by atoms with Gasteiger partial charge in [0.15, 0.2) is 0 Å². The summed E-state index contributed by atoms with van der Waals surface area (Å²) in [6.07, 6.45) is 4.87. The summed E-state index contributed by atoms with van der Waals surface area (Å²) in [5.74, 6) is 1.49. The first kappa shape index (κ1) is 22.3. The highest BCUT2D eigenvalue weighted by atomic mass is 16.5. The van der Waals surface area contributed by atoms with E-state index in [0.717, 1.165) is 41.5 Å². The van der Waals surface area contributed by atoms with Crippen molar-refractivity contribution >= 4 is 22.7 Å². The van der Waals surface area contributed by atoms with Crippen molar-refractivity contribution in [2.75, 3.05) is 6.61 Å². The van der Waals surface area contributed by atoms with E-state index < -0.39 is 0 Å². The standard InChI is InChI=1S/C26H30N4O/c1-3-5-10-21(4-2)20-31-26-17-15-23(16-18-26)28-30-25-14-9-13-24(19-25)29-27-22-11-7-6-8-12-22/h6-9,11-19,21H,3-5,10,20H2,1-2H3. The van der Waals surface area contributed by atoms with Gasteiger partial charge in [-0.3, -0.25) is 0 Å². The number of nitrogens with zero attached hydrogens (tertiary/aromatic N) is 4. The Labute approximate surface area is 184 Å². The normalized spacial score (nSPS) is 12.5. The molecule has 3 aromatic carbocycles. The van der Waals surface area contributed by atoms with Crippen LogP contribution in [0.4, 0.5) is 22.7 Å². The summed E-state index contributed by atoms with van der Waals surface area (Å²) in [5.41, 5.74) is 3.05. The molecule has 1 atom stereocenters.